The topological polar surface area (TPSA) is 43.8 Å². The summed E-state index contributed by atoms with van der Waals surface area (Å²) in [7, 11) is 0. The summed E-state index contributed by atoms with van der Waals surface area (Å²) in [6.07, 6.45) is 6.00. The highest BCUT2D eigenvalue weighted by Crippen LogP contribution is 2.28. The van der Waals surface area contributed by atoms with E-state index in [0.717, 1.165) is 32.5 Å². The molecule has 2 rings (SSSR count). The first-order valence-corrected chi connectivity index (χ1v) is 6.84. The molecule has 1 amide bonds. The van der Waals surface area contributed by atoms with E-state index in [4.69, 9.17) is 5.11 Å². The molecule has 1 saturated heterocycles. The Hall–Kier alpha value is -0.610. The highest BCUT2D eigenvalue weighted by molar-refractivity contribution is 5.73. The van der Waals surface area contributed by atoms with Crippen molar-refractivity contribution >= 4 is 5.91 Å². The number of hydrogen-bond acceptors (Lipinski definition) is 3. The second-order valence-corrected chi connectivity index (χ2v) is 5.31. The minimum atomic E-state index is 0.203. The van der Waals surface area contributed by atoms with E-state index in [-0.39, 0.29) is 12.5 Å². The number of nitrogens with zero attached hydrogens (tertiary/aromatic N) is 2. The maximum atomic E-state index is 11.6. The fraction of sp³-hybridized carbons (Fsp3) is 0.923. The molecule has 17 heavy (non-hydrogen) atoms. The van der Waals surface area contributed by atoms with Gasteiger partial charge in [0, 0.05) is 38.6 Å². The van der Waals surface area contributed by atoms with Crippen LogP contribution in [0, 0.1) is 0 Å². The maximum Gasteiger partial charge on any atom is 0.219 e. The van der Waals surface area contributed by atoms with Crippen molar-refractivity contribution in [2.24, 2.45) is 0 Å². The summed E-state index contributed by atoms with van der Waals surface area (Å²) in [4.78, 5) is 16.0. The number of aliphatic hydroxyl groups is 1. The molecule has 0 aromatic heterocycles. The van der Waals surface area contributed by atoms with Gasteiger partial charge in [0.2, 0.25) is 5.91 Å². The van der Waals surface area contributed by atoms with E-state index in [0.29, 0.717) is 12.1 Å². The lowest BCUT2D eigenvalue weighted by Gasteiger charge is -2.38. The first kappa shape index (κ1) is 12.8. The monoisotopic (exact) mass is 240 g/mol. The van der Waals surface area contributed by atoms with Gasteiger partial charge >= 0.3 is 0 Å². The Bertz CT molecular complexity index is 266. The Balaban J connectivity index is 1.91. The van der Waals surface area contributed by atoms with Gasteiger partial charge < -0.3 is 10.0 Å². The molecule has 98 valence electrons. The maximum absolute atomic E-state index is 11.6. The van der Waals surface area contributed by atoms with Gasteiger partial charge in [0.25, 0.3) is 0 Å². The molecule has 0 aromatic rings. The van der Waals surface area contributed by atoms with Crippen LogP contribution in [0.25, 0.3) is 0 Å². The lowest BCUT2D eigenvalue weighted by molar-refractivity contribution is -0.133. The predicted octanol–water partition coefficient (Wildman–Crippen LogP) is 0.844. The highest BCUT2D eigenvalue weighted by atomic mass is 16.3. The van der Waals surface area contributed by atoms with Gasteiger partial charge in [-0.3, -0.25) is 9.69 Å². The molecular formula is C13H24N2O2. The van der Waals surface area contributed by atoms with Crippen molar-refractivity contribution in [3.63, 3.8) is 0 Å². The zero-order chi connectivity index (χ0) is 12.3. The summed E-state index contributed by atoms with van der Waals surface area (Å²) < 4.78 is 0. The van der Waals surface area contributed by atoms with E-state index in [1.165, 1.54) is 19.3 Å². The summed E-state index contributed by atoms with van der Waals surface area (Å²) in [5, 5.41) is 9.10. The van der Waals surface area contributed by atoms with Gasteiger partial charge in [-0.15, -0.1) is 0 Å². The summed E-state index contributed by atoms with van der Waals surface area (Å²) in [6, 6.07) is 1.03. The van der Waals surface area contributed by atoms with Crippen LogP contribution in [0.2, 0.25) is 0 Å². The molecule has 0 spiro atoms. The van der Waals surface area contributed by atoms with Gasteiger partial charge in [-0.2, -0.15) is 0 Å². The minimum Gasteiger partial charge on any atom is -0.395 e. The zero-order valence-electron chi connectivity index (χ0n) is 10.8. The smallest absolute Gasteiger partial charge is 0.219 e. The molecule has 1 heterocycles. The number of rotatable bonds is 5. The Morgan fingerprint density at radius 1 is 1.35 bits per heavy atom. The number of carbonyl (C=O) groups excluding carboxylic acids is 1. The molecule has 2 aliphatic rings. The molecule has 0 unspecified atom stereocenters. The SMILES string of the molecule is CC(=O)N1CCCC[C@H]1CN(CCO)C1CC1. The van der Waals surface area contributed by atoms with Crippen molar-refractivity contribution in [3.8, 4) is 0 Å². The van der Waals surface area contributed by atoms with Gasteiger partial charge in [-0.05, 0) is 32.1 Å². The van der Waals surface area contributed by atoms with Crippen molar-refractivity contribution < 1.29 is 9.90 Å². The fourth-order valence-electron chi connectivity index (χ4n) is 2.87. The zero-order valence-corrected chi connectivity index (χ0v) is 10.8. The lowest BCUT2D eigenvalue weighted by Crippen LogP contribution is -2.49. The second kappa shape index (κ2) is 5.83. The van der Waals surface area contributed by atoms with E-state index in [1.54, 1.807) is 6.92 Å². The van der Waals surface area contributed by atoms with Crippen molar-refractivity contribution in [2.45, 2.75) is 51.1 Å². The number of aliphatic hydroxyl groups excluding tert-OH is 1. The second-order valence-electron chi connectivity index (χ2n) is 5.31. The van der Waals surface area contributed by atoms with E-state index in [2.05, 4.69) is 4.90 Å². The Morgan fingerprint density at radius 3 is 2.71 bits per heavy atom. The van der Waals surface area contributed by atoms with Crippen LogP contribution in [0.5, 0.6) is 0 Å². The minimum absolute atomic E-state index is 0.203. The van der Waals surface area contributed by atoms with Crippen molar-refractivity contribution in [1.29, 1.82) is 0 Å². The first-order chi connectivity index (χ1) is 8.22. The average Bonchev–Trinajstić information content (AvgIpc) is 3.13. The molecule has 4 heteroatoms. The average molecular weight is 240 g/mol. The van der Waals surface area contributed by atoms with Crippen molar-refractivity contribution in [3.05, 3.63) is 0 Å². The van der Waals surface area contributed by atoms with Crippen LogP contribution < -0.4 is 0 Å². The lowest BCUT2D eigenvalue weighted by atomic mass is 10.0. The first-order valence-electron chi connectivity index (χ1n) is 6.84. The molecule has 0 radical (unpaired) electrons. The van der Waals surface area contributed by atoms with E-state index >= 15 is 0 Å². The summed E-state index contributed by atoms with van der Waals surface area (Å²) in [5.41, 5.74) is 0. The third-order valence-electron chi connectivity index (χ3n) is 3.93. The van der Waals surface area contributed by atoms with Crippen LogP contribution in [0.15, 0.2) is 0 Å². The van der Waals surface area contributed by atoms with Crippen LogP contribution in [-0.2, 0) is 4.79 Å². The number of hydrogen-bond donors (Lipinski definition) is 1. The van der Waals surface area contributed by atoms with Crippen molar-refractivity contribution in [2.75, 3.05) is 26.2 Å². The van der Waals surface area contributed by atoms with Crippen LogP contribution in [0.4, 0.5) is 0 Å². The third kappa shape index (κ3) is 3.42. The van der Waals surface area contributed by atoms with E-state index in [9.17, 15) is 4.79 Å². The standard InChI is InChI=1S/C13H24N2O2/c1-11(17)15-7-3-2-4-13(15)10-14(8-9-16)12-5-6-12/h12-13,16H,2-10H2,1H3/t13-/m0/s1. The molecule has 1 saturated carbocycles. The third-order valence-corrected chi connectivity index (χ3v) is 3.93. The molecule has 0 bridgehead atoms. The largest absolute Gasteiger partial charge is 0.395 e. The normalized spacial score (nSPS) is 25.4. The Kier molecular flexibility index (Phi) is 4.40. The van der Waals surface area contributed by atoms with Gasteiger partial charge in [-0.25, -0.2) is 0 Å². The molecule has 1 N–H and O–H groups in total. The molecule has 0 aromatic carbocycles. The summed E-state index contributed by atoms with van der Waals surface area (Å²) >= 11 is 0. The van der Waals surface area contributed by atoms with Gasteiger partial charge in [0.05, 0.1) is 6.61 Å². The molecule has 2 fully saturated rings. The van der Waals surface area contributed by atoms with Gasteiger partial charge in [-0.1, -0.05) is 0 Å². The molecule has 4 nitrogen and oxygen atoms in total. The molecule has 1 atom stereocenters. The highest BCUT2D eigenvalue weighted by Gasteiger charge is 2.33. The van der Waals surface area contributed by atoms with Crippen LogP contribution in [0.1, 0.15) is 39.0 Å². The Morgan fingerprint density at radius 2 is 2.12 bits per heavy atom. The van der Waals surface area contributed by atoms with Crippen LogP contribution in [-0.4, -0.2) is 59.1 Å². The van der Waals surface area contributed by atoms with Crippen LogP contribution >= 0.6 is 0 Å². The van der Waals surface area contributed by atoms with Gasteiger partial charge in [0.15, 0.2) is 0 Å². The van der Waals surface area contributed by atoms with Gasteiger partial charge in [0.1, 0.15) is 0 Å². The fourth-order valence-corrected chi connectivity index (χ4v) is 2.87. The molecular weight excluding hydrogens is 216 g/mol. The molecule has 1 aliphatic heterocycles. The van der Waals surface area contributed by atoms with Crippen LogP contribution in [0.3, 0.4) is 0 Å². The summed E-state index contributed by atoms with van der Waals surface area (Å²) in [6.45, 7) is 4.52. The van der Waals surface area contributed by atoms with E-state index in [1.807, 2.05) is 4.90 Å². The number of amides is 1. The van der Waals surface area contributed by atoms with E-state index < -0.39 is 0 Å². The van der Waals surface area contributed by atoms with Crippen molar-refractivity contribution in [1.82, 2.24) is 9.80 Å². The molecule has 1 aliphatic carbocycles. The quantitative estimate of drug-likeness (QED) is 0.774. The predicted molar refractivity (Wildman–Crippen MR) is 66.7 cm³/mol. The Labute approximate surface area is 104 Å². The number of piperidine rings is 1. The number of carbonyl (C=O) groups is 1. The number of likely N-dealkylation sites (tertiary alicyclic amines) is 1. The summed E-state index contributed by atoms with van der Waals surface area (Å²) in [5.74, 6) is 0.203.